The van der Waals surface area contributed by atoms with E-state index in [0.29, 0.717) is 35.9 Å². The molecule has 2 heterocycles. The van der Waals surface area contributed by atoms with E-state index in [1.807, 2.05) is 30.3 Å². The van der Waals surface area contributed by atoms with Crippen LogP contribution in [0.5, 0.6) is 11.6 Å². The number of benzene rings is 2. The number of nitrogens with one attached hydrogen (secondary N) is 1. The third-order valence-electron chi connectivity index (χ3n) is 6.58. The summed E-state index contributed by atoms with van der Waals surface area (Å²) in [5, 5.41) is 9.92. The first-order chi connectivity index (χ1) is 17.4. The third-order valence-corrected chi connectivity index (χ3v) is 8.45. The van der Waals surface area contributed by atoms with E-state index >= 15 is 0 Å². The Bertz CT molecular complexity index is 1610. The fourth-order valence-corrected chi connectivity index (χ4v) is 5.78. The van der Waals surface area contributed by atoms with Crippen molar-refractivity contribution in [3.8, 4) is 29.0 Å². The molecule has 0 saturated heterocycles. The van der Waals surface area contributed by atoms with Gasteiger partial charge in [0.2, 0.25) is 15.7 Å². The fourth-order valence-electron chi connectivity index (χ4n) is 4.39. The normalized spacial score (nSPS) is 15.5. The van der Waals surface area contributed by atoms with Gasteiger partial charge in [-0.25, -0.2) is 18.4 Å². The van der Waals surface area contributed by atoms with Crippen molar-refractivity contribution < 1.29 is 13.2 Å². The zero-order valence-electron chi connectivity index (χ0n) is 19.4. The molecule has 10 heteroatoms. The molecule has 2 aromatic heterocycles. The third kappa shape index (κ3) is 4.22. The molecule has 0 unspecified atom stereocenters. The molecule has 6 rings (SSSR count). The van der Waals surface area contributed by atoms with E-state index < -0.39 is 10.0 Å². The van der Waals surface area contributed by atoms with E-state index in [1.54, 1.807) is 18.2 Å². The number of nitrogens with two attached hydrogens (primary N) is 1. The van der Waals surface area contributed by atoms with Crippen molar-refractivity contribution in [2.45, 2.75) is 37.5 Å². The highest BCUT2D eigenvalue weighted by molar-refractivity contribution is 7.93. The van der Waals surface area contributed by atoms with E-state index in [0.717, 1.165) is 28.7 Å². The predicted octanol–water partition coefficient (Wildman–Crippen LogP) is 4.66. The summed E-state index contributed by atoms with van der Waals surface area (Å²) in [6.45, 7) is 0.817. The van der Waals surface area contributed by atoms with Gasteiger partial charge in [-0.15, -0.1) is 0 Å². The number of rotatable bonds is 8. The van der Waals surface area contributed by atoms with Crippen LogP contribution in [0.15, 0.2) is 54.9 Å². The Morgan fingerprint density at radius 1 is 1.08 bits per heavy atom. The lowest BCUT2D eigenvalue weighted by atomic mass is 10.1. The maximum Gasteiger partial charge on any atom is 0.256 e. The zero-order valence-corrected chi connectivity index (χ0v) is 20.2. The molecule has 2 saturated carbocycles. The lowest BCUT2D eigenvalue weighted by Crippen LogP contribution is -2.17. The van der Waals surface area contributed by atoms with Gasteiger partial charge in [0, 0.05) is 41.6 Å². The second-order valence-electron chi connectivity index (χ2n) is 9.34. The molecule has 0 amide bonds. The first-order valence-electron chi connectivity index (χ1n) is 11.9. The molecule has 3 N–H and O–H groups in total. The Morgan fingerprint density at radius 2 is 1.83 bits per heavy atom. The summed E-state index contributed by atoms with van der Waals surface area (Å²) in [4.78, 5) is 8.14. The van der Waals surface area contributed by atoms with Crippen LogP contribution < -0.4 is 15.2 Å². The van der Waals surface area contributed by atoms with Gasteiger partial charge in [-0.3, -0.25) is 4.72 Å². The van der Waals surface area contributed by atoms with Gasteiger partial charge in [0.1, 0.15) is 11.8 Å². The zero-order chi connectivity index (χ0) is 24.9. The summed E-state index contributed by atoms with van der Waals surface area (Å²) in [5.74, 6) is 1.26. The summed E-state index contributed by atoms with van der Waals surface area (Å²) in [7, 11) is -3.32. The number of sulfonamides is 1. The van der Waals surface area contributed by atoms with Crippen molar-refractivity contribution >= 4 is 32.3 Å². The molecule has 182 valence electrons. The van der Waals surface area contributed by atoms with Crippen molar-refractivity contribution in [3.63, 3.8) is 0 Å². The predicted molar refractivity (Wildman–Crippen MR) is 137 cm³/mol. The quantitative estimate of drug-likeness (QED) is 0.359. The number of anilines is 2. The Labute approximate surface area is 208 Å². The molecular formula is C26H24N6O3S. The van der Waals surface area contributed by atoms with E-state index in [4.69, 9.17) is 10.5 Å². The Morgan fingerprint density at radius 3 is 2.53 bits per heavy atom. The van der Waals surface area contributed by atoms with Crippen LogP contribution in [0.1, 0.15) is 31.4 Å². The number of nitriles is 1. The van der Waals surface area contributed by atoms with Crippen LogP contribution in [-0.4, -0.2) is 28.2 Å². The number of fused-ring (bicyclic) bond motifs is 1. The number of hydrogen-bond acceptors (Lipinski definition) is 7. The van der Waals surface area contributed by atoms with Crippen LogP contribution in [0.3, 0.4) is 0 Å². The van der Waals surface area contributed by atoms with Crippen LogP contribution in [0.4, 0.5) is 11.4 Å². The van der Waals surface area contributed by atoms with Gasteiger partial charge in [0.15, 0.2) is 0 Å². The average molecular weight is 501 g/mol. The largest absolute Gasteiger partial charge is 0.436 e. The summed E-state index contributed by atoms with van der Waals surface area (Å²) in [5.41, 5.74) is 10.7. The SMILES string of the molecule is N#Cc1nccnc1Oc1ccc2c(N)c(-c3ccc(NS(=O)(=O)C4CC4)cc3)n(CC3CC3)c2c1. The van der Waals surface area contributed by atoms with E-state index in [9.17, 15) is 13.7 Å². The van der Waals surface area contributed by atoms with Crippen LogP contribution in [0.2, 0.25) is 0 Å². The van der Waals surface area contributed by atoms with Crippen molar-refractivity contribution in [2.75, 3.05) is 10.5 Å². The number of aromatic nitrogens is 3. The summed E-state index contributed by atoms with van der Waals surface area (Å²) in [6.07, 6.45) is 6.70. The molecule has 0 radical (unpaired) electrons. The highest BCUT2D eigenvalue weighted by atomic mass is 32.2. The Hall–Kier alpha value is -4.10. The molecule has 0 spiro atoms. The van der Waals surface area contributed by atoms with Crippen LogP contribution in [0, 0.1) is 17.2 Å². The summed E-state index contributed by atoms with van der Waals surface area (Å²) >= 11 is 0. The van der Waals surface area contributed by atoms with Crippen molar-refractivity contribution in [3.05, 3.63) is 60.6 Å². The monoisotopic (exact) mass is 500 g/mol. The van der Waals surface area contributed by atoms with E-state index in [2.05, 4.69) is 19.3 Å². The molecule has 2 aliphatic rings. The van der Waals surface area contributed by atoms with Crippen LogP contribution in [0.25, 0.3) is 22.2 Å². The van der Waals surface area contributed by atoms with Crippen molar-refractivity contribution in [1.82, 2.24) is 14.5 Å². The smallest absolute Gasteiger partial charge is 0.256 e. The molecule has 36 heavy (non-hydrogen) atoms. The second-order valence-corrected chi connectivity index (χ2v) is 11.3. The molecule has 0 aliphatic heterocycles. The average Bonchev–Trinajstić information content (AvgIpc) is 3.79. The standard InChI is InChI=1S/C26H24N6O3S/c27-14-22-26(30-12-11-29-22)35-19-7-10-21-23(13-19)32(15-16-1-2-16)25(24(21)28)17-3-5-18(6-4-17)31-36(33,34)20-8-9-20/h3-7,10-13,16,20,31H,1-2,8-9,15,28H2. The van der Waals surface area contributed by atoms with Gasteiger partial charge in [-0.2, -0.15) is 5.26 Å². The maximum atomic E-state index is 12.3. The fraction of sp³-hybridized carbons (Fsp3) is 0.269. The molecule has 0 atom stereocenters. The van der Waals surface area contributed by atoms with Gasteiger partial charge >= 0.3 is 0 Å². The topological polar surface area (TPSA) is 136 Å². The molecule has 4 aromatic rings. The highest BCUT2D eigenvalue weighted by Crippen LogP contribution is 2.42. The van der Waals surface area contributed by atoms with E-state index in [1.165, 1.54) is 25.2 Å². The lowest BCUT2D eigenvalue weighted by molar-refractivity contribution is 0.458. The minimum absolute atomic E-state index is 0.114. The minimum Gasteiger partial charge on any atom is -0.436 e. The van der Waals surface area contributed by atoms with Crippen LogP contribution in [-0.2, 0) is 16.6 Å². The maximum absolute atomic E-state index is 12.3. The van der Waals surface area contributed by atoms with Gasteiger partial charge in [0.25, 0.3) is 5.88 Å². The van der Waals surface area contributed by atoms with Crippen molar-refractivity contribution in [2.24, 2.45) is 5.92 Å². The molecular weight excluding hydrogens is 476 g/mol. The summed E-state index contributed by atoms with van der Waals surface area (Å²) < 4.78 is 35.4. The number of nitrogen functional groups attached to an aromatic ring is 1. The molecule has 2 aromatic carbocycles. The van der Waals surface area contributed by atoms with Gasteiger partial charge in [-0.1, -0.05) is 12.1 Å². The Balaban J connectivity index is 1.38. The molecule has 0 bridgehead atoms. The van der Waals surface area contributed by atoms with E-state index in [-0.39, 0.29) is 16.8 Å². The minimum atomic E-state index is -3.32. The first-order valence-corrected chi connectivity index (χ1v) is 13.4. The first kappa shape index (κ1) is 22.4. The number of nitrogens with zero attached hydrogens (tertiary/aromatic N) is 4. The number of hydrogen-bond donors (Lipinski definition) is 2. The highest BCUT2D eigenvalue weighted by Gasteiger charge is 2.35. The number of ether oxygens (including phenoxy) is 1. The second kappa shape index (κ2) is 8.53. The van der Waals surface area contributed by atoms with Crippen LogP contribution >= 0.6 is 0 Å². The molecule has 2 aliphatic carbocycles. The lowest BCUT2D eigenvalue weighted by Gasteiger charge is -2.13. The molecule has 9 nitrogen and oxygen atoms in total. The van der Waals surface area contributed by atoms with Crippen molar-refractivity contribution in [1.29, 1.82) is 5.26 Å². The van der Waals surface area contributed by atoms with Gasteiger partial charge < -0.3 is 15.0 Å². The molecule has 2 fully saturated rings. The van der Waals surface area contributed by atoms with Gasteiger partial charge in [-0.05, 0) is 55.9 Å². The summed E-state index contributed by atoms with van der Waals surface area (Å²) in [6, 6.07) is 15.0. The van der Waals surface area contributed by atoms with Gasteiger partial charge in [0.05, 0.1) is 22.1 Å². The Kier molecular flexibility index (Phi) is 5.30.